The Bertz CT molecular complexity index is 220. The standard InChI is InChI=1S/C6H13N.C3H8O3S/c7-6-4-2-1-3-5-6;1-2-3-7(4,5)6/h6H,1-5,7H2;2-3H2,1H3,(H,4,5,6). The van der Waals surface area contributed by atoms with Crippen molar-refractivity contribution in [1.29, 1.82) is 0 Å². The van der Waals surface area contributed by atoms with Gasteiger partial charge in [0, 0.05) is 6.04 Å². The second kappa shape index (κ2) is 7.20. The molecule has 86 valence electrons. The predicted octanol–water partition coefficient (Wildman–Crippen LogP) is 1.56. The Morgan fingerprint density at radius 2 is 1.79 bits per heavy atom. The highest BCUT2D eigenvalue weighted by Gasteiger charge is 2.06. The summed E-state index contributed by atoms with van der Waals surface area (Å²) in [6.45, 7) is 1.69. The topological polar surface area (TPSA) is 80.4 Å². The Hall–Kier alpha value is -0.130. The van der Waals surface area contributed by atoms with Gasteiger partial charge in [-0.2, -0.15) is 8.42 Å². The van der Waals surface area contributed by atoms with Crippen molar-refractivity contribution in [1.82, 2.24) is 0 Å². The Labute approximate surface area is 86.6 Å². The Morgan fingerprint density at radius 1 is 1.29 bits per heavy atom. The van der Waals surface area contributed by atoms with Gasteiger partial charge < -0.3 is 5.73 Å². The van der Waals surface area contributed by atoms with E-state index in [4.69, 9.17) is 10.3 Å². The van der Waals surface area contributed by atoms with Crippen LogP contribution in [0.25, 0.3) is 0 Å². The number of hydrogen-bond acceptors (Lipinski definition) is 3. The second-order valence-electron chi connectivity index (χ2n) is 3.68. The molecule has 5 heteroatoms. The highest BCUT2D eigenvalue weighted by atomic mass is 32.2. The molecule has 0 aliphatic heterocycles. The third-order valence-electron chi connectivity index (χ3n) is 2.11. The van der Waals surface area contributed by atoms with Crippen molar-refractivity contribution in [3.63, 3.8) is 0 Å². The van der Waals surface area contributed by atoms with Gasteiger partial charge in [-0.25, -0.2) is 0 Å². The summed E-state index contributed by atoms with van der Waals surface area (Å²) in [6, 6.07) is 0.536. The molecule has 0 radical (unpaired) electrons. The van der Waals surface area contributed by atoms with Gasteiger partial charge in [-0.1, -0.05) is 26.2 Å². The van der Waals surface area contributed by atoms with Crippen LogP contribution in [0.4, 0.5) is 0 Å². The largest absolute Gasteiger partial charge is 0.328 e. The summed E-state index contributed by atoms with van der Waals surface area (Å²) < 4.78 is 27.6. The average Bonchev–Trinajstić information content (AvgIpc) is 2.04. The molecular weight excluding hydrogens is 202 g/mol. The molecule has 1 saturated carbocycles. The quantitative estimate of drug-likeness (QED) is 0.696. The molecule has 3 N–H and O–H groups in total. The number of hydrogen-bond donors (Lipinski definition) is 2. The molecule has 0 aromatic heterocycles. The molecule has 0 heterocycles. The van der Waals surface area contributed by atoms with Crippen LogP contribution in [-0.4, -0.2) is 24.8 Å². The molecule has 1 aliphatic rings. The van der Waals surface area contributed by atoms with Crippen molar-refractivity contribution in [3.05, 3.63) is 0 Å². The molecular formula is C9H21NO3S. The zero-order valence-electron chi connectivity index (χ0n) is 8.78. The molecule has 0 spiro atoms. The van der Waals surface area contributed by atoms with Crippen LogP contribution in [0.15, 0.2) is 0 Å². The molecule has 14 heavy (non-hydrogen) atoms. The molecule has 0 bridgehead atoms. The molecule has 0 unspecified atom stereocenters. The predicted molar refractivity (Wildman–Crippen MR) is 57.8 cm³/mol. The van der Waals surface area contributed by atoms with Crippen LogP contribution in [0.2, 0.25) is 0 Å². The Morgan fingerprint density at radius 3 is 1.93 bits per heavy atom. The van der Waals surface area contributed by atoms with E-state index >= 15 is 0 Å². The summed E-state index contributed by atoms with van der Waals surface area (Å²) in [6.07, 6.45) is 7.13. The normalized spacial score (nSPS) is 18.5. The highest BCUT2D eigenvalue weighted by Crippen LogP contribution is 2.14. The maximum absolute atomic E-state index is 9.79. The third kappa shape index (κ3) is 9.95. The van der Waals surface area contributed by atoms with Crippen molar-refractivity contribution in [2.24, 2.45) is 5.73 Å². The van der Waals surface area contributed by atoms with Gasteiger partial charge in [0.25, 0.3) is 10.1 Å². The van der Waals surface area contributed by atoms with Gasteiger partial charge in [-0.3, -0.25) is 4.55 Å². The molecule has 4 nitrogen and oxygen atoms in total. The van der Waals surface area contributed by atoms with Crippen LogP contribution in [0.1, 0.15) is 45.4 Å². The minimum atomic E-state index is -3.67. The lowest BCUT2D eigenvalue weighted by Gasteiger charge is -2.15. The summed E-state index contributed by atoms with van der Waals surface area (Å²) in [5.74, 6) is -0.132. The van der Waals surface area contributed by atoms with E-state index in [1.54, 1.807) is 6.92 Å². The second-order valence-corrected chi connectivity index (χ2v) is 5.26. The minimum absolute atomic E-state index is 0.132. The Kier molecular flexibility index (Phi) is 7.13. The first-order chi connectivity index (χ1) is 6.45. The fourth-order valence-electron chi connectivity index (χ4n) is 1.39. The molecule has 1 rings (SSSR count). The fourth-order valence-corrected chi connectivity index (χ4v) is 1.91. The van der Waals surface area contributed by atoms with Crippen LogP contribution in [0, 0.1) is 0 Å². The molecule has 0 amide bonds. The van der Waals surface area contributed by atoms with Gasteiger partial charge in [0.15, 0.2) is 0 Å². The van der Waals surface area contributed by atoms with Crippen molar-refractivity contribution in [2.45, 2.75) is 51.5 Å². The van der Waals surface area contributed by atoms with Crippen LogP contribution in [0.3, 0.4) is 0 Å². The first-order valence-electron chi connectivity index (χ1n) is 5.16. The lowest BCUT2D eigenvalue weighted by atomic mass is 9.97. The molecule has 1 aliphatic carbocycles. The zero-order valence-corrected chi connectivity index (χ0v) is 9.59. The lowest BCUT2D eigenvalue weighted by molar-refractivity contribution is 0.441. The molecule has 0 atom stereocenters. The van der Waals surface area contributed by atoms with E-state index < -0.39 is 10.1 Å². The monoisotopic (exact) mass is 223 g/mol. The summed E-state index contributed by atoms with van der Waals surface area (Å²) in [5, 5.41) is 0. The van der Waals surface area contributed by atoms with Crippen LogP contribution < -0.4 is 5.73 Å². The van der Waals surface area contributed by atoms with Crippen LogP contribution in [-0.2, 0) is 10.1 Å². The third-order valence-corrected chi connectivity index (χ3v) is 3.04. The maximum Gasteiger partial charge on any atom is 0.264 e. The van der Waals surface area contributed by atoms with Crippen molar-refractivity contribution in [3.8, 4) is 0 Å². The van der Waals surface area contributed by atoms with Crippen molar-refractivity contribution < 1.29 is 13.0 Å². The molecule has 0 aromatic rings. The van der Waals surface area contributed by atoms with Gasteiger partial charge in [0.05, 0.1) is 5.75 Å². The smallest absolute Gasteiger partial charge is 0.264 e. The van der Waals surface area contributed by atoms with Crippen LogP contribution in [0.5, 0.6) is 0 Å². The minimum Gasteiger partial charge on any atom is -0.328 e. The van der Waals surface area contributed by atoms with E-state index in [1.807, 2.05) is 0 Å². The maximum atomic E-state index is 9.79. The number of rotatable bonds is 2. The SMILES string of the molecule is CCCS(=O)(=O)O.NC1CCCCC1. The summed E-state index contributed by atoms with van der Waals surface area (Å²) >= 11 is 0. The lowest BCUT2D eigenvalue weighted by Crippen LogP contribution is -2.22. The van der Waals surface area contributed by atoms with E-state index in [2.05, 4.69) is 0 Å². The molecule has 0 saturated heterocycles. The van der Waals surface area contributed by atoms with E-state index in [0.717, 1.165) is 0 Å². The first kappa shape index (κ1) is 13.9. The summed E-state index contributed by atoms with van der Waals surface area (Å²) in [5.41, 5.74) is 5.63. The Balaban J connectivity index is 0.000000241. The van der Waals surface area contributed by atoms with Crippen molar-refractivity contribution in [2.75, 3.05) is 5.75 Å². The van der Waals surface area contributed by atoms with E-state index in [0.29, 0.717) is 12.5 Å². The average molecular weight is 223 g/mol. The van der Waals surface area contributed by atoms with Gasteiger partial charge in [-0.05, 0) is 19.3 Å². The van der Waals surface area contributed by atoms with Gasteiger partial charge in [0.2, 0.25) is 0 Å². The van der Waals surface area contributed by atoms with E-state index in [9.17, 15) is 8.42 Å². The van der Waals surface area contributed by atoms with E-state index in [1.165, 1.54) is 32.1 Å². The number of nitrogens with two attached hydrogens (primary N) is 1. The highest BCUT2D eigenvalue weighted by molar-refractivity contribution is 7.85. The summed E-state index contributed by atoms with van der Waals surface area (Å²) in [4.78, 5) is 0. The van der Waals surface area contributed by atoms with Gasteiger partial charge in [0.1, 0.15) is 0 Å². The van der Waals surface area contributed by atoms with Crippen LogP contribution >= 0.6 is 0 Å². The summed E-state index contributed by atoms with van der Waals surface area (Å²) in [7, 11) is -3.67. The van der Waals surface area contributed by atoms with Gasteiger partial charge in [-0.15, -0.1) is 0 Å². The zero-order chi connectivity index (χ0) is 11.0. The van der Waals surface area contributed by atoms with Gasteiger partial charge >= 0.3 is 0 Å². The van der Waals surface area contributed by atoms with Crippen molar-refractivity contribution >= 4 is 10.1 Å². The first-order valence-corrected chi connectivity index (χ1v) is 6.77. The molecule has 1 fully saturated rings. The van der Waals surface area contributed by atoms with E-state index in [-0.39, 0.29) is 5.75 Å². The fraction of sp³-hybridized carbons (Fsp3) is 1.00. The molecule has 0 aromatic carbocycles.